The van der Waals surface area contributed by atoms with Crippen LogP contribution < -0.4 is 0 Å². The van der Waals surface area contributed by atoms with Gasteiger partial charge in [0.2, 0.25) is 0 Å². The van der Waals surface area contributed by atoms with E-state index < -0.39 is 0 Å². The quantitative estimate of drug-likeness (QED) is 0.524. The third-order valence-corrected chi connectivity index (χ3v) is 4.15. The van der Waals surface area contributed by atoms with E-state index in [0.717, 1.165) is 27.8 Å². The Hall–Kier alpha value is -2.44. The molecule has 0 fully saturated rings. The molecule has 0 aliphatic carbocycles. The monoisotopic (exact) mass is 358 g/mol. The van der Waals surface area contributed by atoms with Crippen LogP contribution in [0.5, 0.6) is 0 Å². The zero-order valence-electron chi connectivity index (χ0n) is 12.7. The van der Waals surface area contributed by atoms with Crippen molar-refractivity contribution in [2.24, 2.45) is 0 Å². The van der Waals surface area contributed by atoms with E-state index in [1.54, 1.807) is 23.3 Å². The van der Waals surface area contributed by atoms with Gasteiger partial charge >= 0.3 is 0 Å². The second-order valence-corrected chi connectivity index (χ2v) is 6.24. The smallest absolute Gasteiger partial charge is 0.156 e. The fraction of sp³-hybridized carbons (Fsp3) is 0.125. The molecule has 0 N–H and O–H groups in total. The first kappa shape index (κ1) is 15.1. The van der Waals surface area contributed by atoms with Gasteiger partial charge < -0.3 is 0 Å². The summed E-state index contributed by atoms with van der Waals surface area (Å²) in [6.45, 7) is 2.58. The molecule has 0 saturated carbocycles. The van der Waals surface area contributed by atoms with Crippen LogP contribution in [0.2, 0.25) is 10.2 Å². The number of aryl methyl sites for hydroxylation is 1. The van der Waals surface area contributed by atoms with Crippen molar-refractivity contribution in [3.8, 4) is 5.82 Å². The van der Waals surface area contributed by atoms with E-state index in [1.807, 2.05) is 30.1 Å². The summed E-state index contributed by atoms with van der Waals surface area (Å²) in [5.74, 6) is 0.753. The first-order valence-electron chi connectivity index (χ1n) is 7.24. The van der Waals surface area contributed by atoms with E-state index in [1.165, 1.54) is 0 Å². The molecule has 4 rings (SSSR count). The molecule has 0 saturated heterocycles. The Kier molecular flexibility index (Phi) is 3.70. The molecule has 0 unspecified atom stereocenters. The molecule has 4 aromatic heterocycles. The first-order valence-corrected chi connectivity index (χ1v) is 7.99. The first-order chi connectivity index (χ1) is 11.6. The molecule has 0 atom stereocenters. The molecule has 0 aliphatic heterocycles. The maximum Gasteiger partial charge on any atom is 0.156 e. The minimum Gasteiger partial charge on any atom is -0.267 e. The van der Waals surface area contributed by atoms with Crippen molar-refractivity contribution in [2.75, 3.05) is 0 Å². The van der Waals surface area contributed by atoms with E-state index in [9.17, 15) is 0 Å². The van der Waals surface area contributed by atoms with Crippen LogP contribution in [0.3, 0.4) is 0 Å². The molecule has 0 bridgehead atoms. The van der Waals surface area contributed by atoms with Gasteiger partial charge in [-0.1, -0.05) is 23.2 Å². The van der Waals surface area contributed by atoms with E-state index in [4.69, 9.17) is 23.2 Å². The van der Waals surface area contributed by atoms with Crippen molar-refractivity contribution < 1.29 is 0 Å². The van der Waals surface area contributed by atoms with Crippen LogP contribution in [0.15, 0.2) is 43.1 Å². The van der Waals surface area contributed by atoms with Crippen molar-refractivity contribution in [1.29, 1.82) is 0 Å². The molecule has 0 amide bonds. The number of hydrogen-bond acceptors (Lipinski definition) is 4. The van der Waals surface area contributed by atoms with Crippen LogP contribution in [-0.4, -0.2) is 29.5 Å². The summed E-state index contributed by atoms with van der Waals surface area (Å²) in [5.41, 5.74) is 2.86. The zero-order valence-corrected chi connectivity index (χ0v) is 14.2. The molecular weight excluding hydrogens is 347 g/mol. The number of nitrogens with zero attached hydrogens (tertiary/aromatic N) is 6. The van der Waals surface area contributed by atoms with Gasteiger partial charge in [-0.05, 0) is 30.2 Å². The Morgan fingerprint density at radius 3 is 2.71 bits per heavy atom. The predicted molar refractivity (Wildman–Crippen MR) is 92.7 cm³/mol. The second-order valence-electron chi connectivity index (χ2n) is 5.45. The Morgan fingerprint density at radius 1 is 1.12 bits per heavy atom. The van der Waals surface area contributed by atoms with Gasteiger partial charge in [-0.15, -0.1) is 0 Å². The summed E-state index contributed by atoms with van der Waals surface area (Å²) in [5, 5.41) is 10.6. The van der Waals surface area contributed by atoms with Gasteiger partial charge in [-0.25, -0.2) is 14.6 Å². The number of hydrogen-bond donors (Lipinski definition) is 0. The highest BCUT2D eigenvalue weighted by atomic mass is 35.5. The Bertz CT molecular complexity index is 1040. The van der Waals surface area contributed by atoms with Crippen molar-refractivity contribution in [2.45, 2.75) is 13.5 Å². The average molecular weight is 359 g/mol. The molecule has 0 radical (unpaired) electrons. The highest BCUT2D eigenvalue weighted by Gasteiger charge is 2.09. The molecule has 0 aromatic carbocycles. The van der Waals surface area contributed by atoms with Crippen LogP contribution in [-0.2, 0) is 6.54 Å². The Morgan fingerprint density at radius 2 is 2.00 bits per heavy atom. The van der Waals surface area contributed by atoms with Crippen LogP contribution >= 0.6 is 23.2 Å². The van der Waals surface area contributed by atoms with Crippen molar-refractivity contribution in [3.63, 3.8) is 0 Å². The van der Waals surface area contributed by atoms with Gasteiger partial charge in [-0.3, -0.25) is 4.68 Å². The number of fused-ring (bicyclic) bond motifs is 1. The van der Waals surface area contributed by atoms with Crippen molar-refractivity contribution in [3.05, 3.63) is 64.4 Å². The summed E-state index contributed by atoms with van der Waals surface area (Å²) >= 11 is 12.0. The minimum atomic E-state index is 0.457. The number of pyridine rings is 2. The van der Waals surface area contributed by atoms with Crippen molar-refractivity contribution >= 4 is 34.1 Å². The summed E-state index contributed by atoms with van der Waals surface area (Å²) in [4.78, 5) is 8.56. The topological polar surface area (TPSA) is 61.4 Å². The highest BCUT2D eigenvalue weighted by molar-refractivity contribution is 6.34. The summed E-state index contributed by atoms with van der Waals surface area (Å²) in [7, 11) is 0. The minimum absolute atomic E-state index is 0.457. The molecule has 0 spiro atoms. The van der Waals surface area contributed by atoms with Crippen LogP contribution in [0.25, 0.3) is 16.7 Å². The molecule has 6 nitrogen and oxygen atoms in total. The van der Waals surface area contributed by atoms with E-state index >= 15 is 0 Å². The largest absolute Gasteiger partial charge is 0.267 e. The number of aromatic nitrogens is 6. The summed E-state index contributed by atoms with van der Waals surface area (Å²) in [6.07, 6.45) is 8.67. The lowest BCUT2D eigenvalue weighted by molar-refractivity contribution is 0.691. The van der Waals surface area contributed by atoms with Gasteiger partial charge in [0.1, 0.15) is 5.15 Å². The highest BCUT2D eigenvalue weighted by Crippen LogP contribution is 2.20. The van der Waals surface area contributed by atoms with E-state index in [0.29, 0.717) is 16.7 Å². The fourth-order valence-electron chi connectivity index (χ4n) is 2.60. The maximum absolute atomic E-state index is 6.09. The van der Waals surface area contributed by atoms with Crippen LogP contribution in [0, 0.1) is 6.92 Å². The standard InChI is InChI=1S/C16H12Cl2N6/c1-10-4-11(5-20-16(10)24-8-12(17)6-21-24)7-23-9-13-14(22-23)2-3-19-15(13)18/h2-6,8-9H,7H2,1H3. The Balaban J connectivity index is 1.64. The summed E-state index contributed by atoms with van der Waals surface area (Å²) in [6, 6.07) is 3.90. The lowest BCUT2D eigenvalue weighted by Gasteiger charge is -2.07. The van der Waals surface area contributed by atoms with Crippen molar-refractivity contribution in [1.82, 2.24) is 29.5 Å². The lowest BCUT2D eigenvalue weighted by Crippen LogP contribution is -2.05. The van der Waals surface area contributed by atoms with E-state index in [-0.39, 0.29) is 0 Å². The van der Waals surface area contributed by atoms with Crippen LogP contribution in [0.1, 0.15) is 11.1 Å². The molecule has 0 aliphatic rings. The Labute approximate surface area is 147 Å². The molecular formula is C16H12Cl2N6. The number of rotatable bonds is 3. The average Bonchev–Trinajstić information content (AvgIpc) is 3.14. The van der Waals surface area contributed by atoms with Gasteiger partial charge in [0.15, 0.2) is 5.82 Å². The molecule has 24 heavy (non-hydrogen) atoms. The maximum atomic E-state index is 6.09. The summed E-state index contributed by atoms with van der Waals surface area (Å²) < 4.78 is 3.49. The molecule has 8 heteroatoms. The lowest BCUT2D eigenvalue weighted by atomic mass is 10.2. The van der Waals surface area contributed by atoms with E-state index in [2.05, 4.69) is 26.2 Å². The SMILES string of the molecule is Cc1cc(Cn2cc3c(Cl)nccc3n2)cnc1-n1cc(Cl)cn1. The molecule has 4 heterocycles. The normalized spacial score (nSPS) is 11.3. The predicted octanol–water partition coefficient (Wildman–Crippen LogP) is 3.68. The van der Waals surface area contributed by atoms with Gasteiger partial charge in [0.05, 0.1) is 34.9 Å². The molecule has 120 valence electrons. The number of halogens is 2. The van der Waals surface area contributed by atoms with Gasteiger partial charge in [-0.2, -0.15) is 10.2 Å². The fourth-order valence-corrected chi connectivity index (χ4v) is 2.94. The van der Waals surface area contributed by atoms with Crippen LogP contribution in [0.4, 0.5) is 0 Å². The molecule has 4 aromatic rings. The van der Waals surface area contributed by atoms with Gasteiger partial charge in [0.25, 0.3) is 0 Å². The third-order valence-electron chi connectivity index (χ3n) is 3.65. The second kappa shape index (κ2) is 5.89. The van der Waals surface area contributed by atoms with Gasteiger partial charge in [0, 0.05) is 18.6 Å². The zero-order chi connectivity index (χ0) is 16.7. The third kappa shape index (κ3) is 2.74.